The molecule has 2 fully saturated rings. The second-order valence-electron chi connectivity index (χ2n) is 17.4. The average Bonchev–Trinajstić information content (AvgIpc) is 3.30. The van der Waals surface area contributed by atoms with Crippen LogP contribution in [0, 0.1) is 0 Å². The van der Waals surface area contributed by atoms with Crippen molar-refractivity contribution in [1.29, 1.82) is 0 Å². The molecule has 0 saturated carbocycles. The van der Waals surface area contributed by atoms with Crippen molar-refractivity contribution in [2.45, 2.75) is 184 Å². The predicted molar refractivity (Wildman–Crippen MR) is 242 cm³/mol. The molecular formula is C42H71N9O21. The Bertz CT molecular complexity index is 1900. The molecule has 30 nitrogen and oxygen atoms in total. The highest BCUT2D eigenvalue weighted by Gasteiger charge is 2.53. The summed E-state index contributed by atoms with van der Waals surface area (Å²) in [6.07, 6.45) is -15.7. The zero-order chi connectivity index (χ0) is 54.7. The summed E-state index contributed by atoms with van der Waals surface area (Å²) >= 11 is 0. The Labute approximate surface area is 413 Å². The lowest BCUT2D eigenvalue weighted by molar-refractivity contribution is -0.333. The van der Waals surface area contributed by atoms with Gasteiger partial charge in [-0.2, -0.15) is 0 Å². The number of aliphatic carboxylic acids is 2. The molecule has 0 radical (unpaired) electrons. The number of nitrogens with two attached hydrogens (primary N) is 1. The average molecular weight is 1040 g/mol. The Morgan fingerprint density at radius 2 is 1.17 bits per heavy atom. The van der Waals surface area contributed by atoms with Crippen molar-refractivity contribution in [3.63, 3.8) is 0 Å². The fourth-order valence-electron chi connectivity index (χ4n) is 7.21. The van der Waals surface area contributed by atoms with Gasteiger partial charge in [0.2, 0.25) is 47.3 Å². The number of unbranched alkanes of at least 4 members (excludes halogenated alkanes) is 1. The highest BCUT2D eigenvalue weighted by Crippen LogP contribution is 2.31. The van der Waals surface area contributed by atoms with Gasteiger partial charge in [-0.1, -0.05) is 0 Å². The lowest BCUT2D eigenvalue weighted by Crippen LogP contribution is -2.70. The van der Waals surface area contributed by atoms with E-state index in [1.165, 1.54) is 34.6 Å². The predicted octanol–water partition coefficient (Wildman–Crippen LogP) is -7.63. The van der Waals surface area contributed by atoms with E-state index in [0.717, 1.165) is 13.8 Å². The zero-order valence-corrected chi connectivity index (χ0v) is 40.9. The minimum absolute atomic E-state index is 0.0535. The number of carbonyl (C=O) groups is 10. The van der Waals surface area contributed by atoms with Crippen LogP contribution in [0.25, 0.3) is 0 Å². The molecule has 17 atom stereocenters. The van der Waals surface area contributed by atoms with E-state index >= 15 is 0 Å². The van der Waals surface area contributed by atoms with Gasteiger partial charge in [0.05, 0.1) is 19.3 Å². The van der Waals surface area contributed by atoms with E-state index in [0.29, 0.717) is 0 Å². The Hall–Kier alpha value is -5.70. The fourth-order valence-corrected chi connectivity index (χ4v) is 7.21. The van der Waals surface area contributed by atoms with Gasteiger partial charge in [0, 0.05) is 26.8 Å². The molecule has 2 saturated heterocycles. The molecule has 0 aliphatic carbocycles. The Morgan fingerprint density at radius 3 is 1.72 bits per heavy atom. The molecule has 2 heterocycles. The van der Waals surface area contributed by atoms with Gasteiger partial charge in [-0.3, -0.25) is 43.2 Å². The van der Waals surface area contributed by atoms with Crippen LogP contribution in [0.3, 0.4) is 0 Å². The summed E-state index contributed by atoms with van der Waals surface area (Å²) in [7, 11) is 0. The largest absolute Gasteiger partial charge is 0.480 e. The molecule has 17 unspecified atom stereocenters. The van der Waals surface area contributed by atoms with Crippen LogP contribution in [0.4, 0.5) is 0 Å². The molecule has 0 spiro atoms. The Balaban J connectivity index is 2.16. The maximum Gasteiger partial charge on any atom is 0.326 e. The van der Waals surface area contributed by atoms with Crippen LogP contribution in [-0.4, -0.2) is 218 Å². The van der Waals surface area contributed by atoms with E-state index in [4.69, 9.17) is 24.7 Å². The highest BCUT2D eigenvalue weighted by molar-refractivity contribution is 5.92. The van der Waals surface area contributed by atoms with Gasteiger partial charge in [-0.15, -0.1) is 0 Å². The lowest BCUT2D eigenvalue weighted by atomic mass is 9.94. The van der Waals surface area contributed by atoms with Crippen LogP contribution in [0.15, 0.2) is 0 Å². The van der Waals surface area contributed by atoms with Crippen molar-refractivity contribution in [3.8, 4) is 0 Å². The molecule has 30 heteroatoms. The van der Waals surface area contributed by atoms with Crippen molar-refractivity contribution >= 4 is 59.2 Å². The molecule has 2 aliphatic rings. The SMILES string of the molecule is CC(=O)NC1C(OC2C(CO)OC(O)C(NC(C)=O)C2OC(C)C(=O)NC(C)C(=O)NC(CCC(=O)NC(CCCCNC(=O)C(C)NC(=O)C(C)N)C(=O)NC(C)C(=O)O)C(=O)O)OC(CO)C(O)C1O. The topological polar surface area (TPSA) is 471 Å². The molecule has 0 aromatic heterocycles. The molecule has 17 N–H and O–H groups in total. The van der Waals surface area contributed by atoms with Crippen LogP contribution in [0.2, 0.25) is 0 Å². The van der Waals surface area contributed by atoms with E-state index in [2.05, 4.69) is 42.5 Å². The number of rotatable bonds is 28. The Morgan fingerprint density at radius 1 is 0.597 bits per heavy atom. The lowest BCUT2D eigenvalue weighted by Gasteiger charge is -2.48. The van der Waals surface area contributed by atoms with E-state index in [1.807, 2.05) is 0 Å². The van der Waals surface area contributed by atoms with Crippen molar-refractivity contribution in [3.05, 3.63) is 0 Å². The van der Waals surface area contributed by atoms with Crippen molar-refractivity contribution in [2.24, 2.45) is 5.73 Å². The van der Waals surface area contributed by atoms with Crippen LogP contribution in [0.5, 0.6) is 0 Å². The maximum absolute atomic E-state index is 13.5. The van der Waals surface area contributed by atoms with Crippen molar-refractivity contribution in [1.82, 2.24) is 42.5 Å². The molecule has 0 aromatic carbocycles. The number of carboxylic acids is 2. The molecule has 410 valence electrons. The molecular weight excluding hydrogens is 967 g/mol. The third-order valence-electron chi connectivity index (χ3n) is 11.3. The van der Waals surface area contributed by atoms with Crippen LogP contribution in [-0.2, 0) is 66.9 Å². The third-order valence-corrected chi connectivity index (χ3v) is 11.3. The van der Waals surface area contributed by atoms with E-state index < -0.39 is 189 Å². The summed E-state index contributed by atoms with van der Waals surface area (Å²) < 4.78 is 23.2. The van der Waals surface area contributed by atoms with Gasteiger partial charge in [-0.25, -0.2) is 4.79 Å². The number of amides is 8. The first-order valence-electron chi connectivity index (χ1n) is 23.0. The number of aliphatic hydroxyl groups excluding tert-OH is 5. The van der Waals surface area contributed by atoms with Crippen molar-refractivity contribution in [2.75, 3.05) is 19.8 Å². The summed E-state index contributed by atoms with van der Waals surface area (Å²) in [5.41, 5.74) is 5.50. The third kappa shape index (κ3) is 19.4. The quantitative estimate of drug-likeness (QED) is 0.0324. The standard InChI is InChI=1S/C42H71N9O21/c1-16(43)34(59)45-17(2)35(60)44-13-9-8-10-23(38(63)47-19(4)39(64)65)50-27(56)12-11-24(40(66)67)51-36(61)18(3)46-37(62)20(5)69-33-29(49-22(7)55)41(68)70-26(15-53)32(33)72-42-28(48-21(6)54)31(58)30(57)25(14-52)71-42/h16-20,23-26,28-33,41-42,52-53,57-58,68H,8-15,43H2,1-7H3,(H,44,60)(H,45,59)(H,46,62)(H,47,63)(H,48,54)(H,49,55)(H,50,56)(H,51,61)(H,64,65)(H,66,67). The molecule has 72 heavy (non-hydrogen) atoms. The first-order valence-corrected chi connectivity index (χ1v) is 23.0. The number of ether oxygens (including phenoxy) is 4. The minimum Gasteiger partial charge on any atom is -0.480 e. The number of carboxylic acid groups (broad SMARTS) is 2. The van der Waals surface area contributed by atoms with Crippen LogP contribution < -0.4 is 48.3 Å². The van der Waals surface area contributed by atoms with Gasteiger partial charge in [0.25, 0.3) is 0 Å². The molecule has 2 aliphatic heterocycles. The van der Waals surface area contributed by atoms with Gasteiger partial charge in [0.15, 0.2) is 12.6 Å². The van der Waals surface area contributed by atoms with Crippen LogP contribution in [0.1, 0.15) is 80.6 Å². The molecule has 0 bridgehead atoms. The number of nitrogens with one attached hydrogen (secondary N) is 8. The molecule has 0 aromatic rings. The first-order chi connectivity index (χ1) is 33.6. The smallest absolute Gasteiger partial charge is 0.326 e. The van der Waals surface area contributed by atoms with Gasteiger partial charge in [-0.05, 0) is 60.3 Å². The Kier molecular flexibility index (Phi) is 25.8. The normalized spacial score (nSPS) is 26.8. The number of carbonyl (C=O) groups excluding carboxylic acids is 8. The fraction of sp³-hybridized carbons (Fsp3) is 0.762. The number of hydrogen-bond donors (Lipinski definition) is 16. The first kappa shape index (κ1) is 62.4. The summed E-state index contributed by atoms with van der Waals surface area (Å²) in [5, 5.41) is 90.4. The van der Waals surface area contributed by atoms with Gasteiger partial charge in [0.1, 0.15) is 85.0 Å². The summed E-state index contributed by atoms with van der Waals surface area (Å²) in [4.78, 5) is 125. The van der Waals surface area contributed by atoms with E-state index in [9.17, 15) is 83.7 Å². The van der Waals surface area contributed by atoms with Gasteiger partial charge < -0.3 is 103 Å². The monoisotopic (exact) mass is 1040 g/mol. The van der Waals surface area contributed by atoms with Crippen LogP contribution >= 0.6 is 0 Å². The summed E-state index contributed by atoms with van der Waals surface area (Å²) in [5.74, 6) is -9.28. The summed E-state index contributed by atoms with van der Waals surface area (Å²) in [6, 6.07) is -10.7. The van der Waals surface area contributed by atoms with E-state index in [-0.39, 0.29) is 25.8 Å². The zero-order valence-electron chi connectivity index (χ0n) is 40.9. The van der Waals surface area contributed by atoms with Crippen molar-refractivity contribution < 1.29 is 103 Å². The number of hydrogen-bond acceptors (Lipinski definition) is 20. The number of aliphatic hydroxyl groups is 5. The summed E-state index contributed by atoms with van der Waals surface area (Å²) in [6.45, 7) is 6.95. The highest BCUT2D eigenvalue weighted by atomic mass is 16.7. The molecule has 2 rings (SSSR count). The minimum atomic E-state index is -1.91. The maximum atomic E-state index is 13.5. The second kappa shape index (κ2) is 29.7. The van der Waals surface area contributed by atoms with Gasteiger partial charge >= 0.3 is 11.9 Å². The second-order valence-corrected chi connectivity index (χ2v) is 17.4. The molecule has 8 amide bonds. The van der Waals surface area contributed by atoms with E-state index in [1.54, 1.807) is 0 Å².